The number of carbonyl (C=O) groups is 1. The Morgan fingerprint density at radius 2 is 2.26 bits per heavy atom. The van der Waals surface area contributed by atoms with E-state index in [1.165, 1.54) is 5.56 Å². The van der Waals surface area contributed by atoms with Crippen molar-refractivity contribution in [3.8, 4) is 0 Å². The largest absolute Gasteiger partial charge is 0.383 e. The number of carbonyl (C=O) groups excluding carboxylic acids is 1. The van der Waals surface area contributed by atoms with Gasteiger partial charge in [-0.3, -0.25) is 4.79 Å². The summed E-state index contributed by atoms with van der Waals surface area (Å²) in [5.41, 5.74) is 1.22. The Kier molecular flexibility index (Phi) is 7.22. The third kappa shape index (κ3) is 6.98. The summed E-state index contributed by atoms with van der Waals surface area (Å²) in [5.74, 6) is 0.100. The van der Waals surface area contributed by atoms with Crippen LogP contribution in [-0.4, -0.2) is 36.8 Å². The summed E-state index contributed by atoms with van der Waals surface area (Å²) >= 11 is 0. The number of ether oxygens (including phenoxy) is 1. The Labute approximate surface area is 115 Å². The number of aromatic nitrogens is 1. The molecule has 0 aliphatic carbocycles. The number of hydrogen-bond acceptors (Lipinski definition) is 3. The van der Waals surface area contributed by atoms with Crippen LogP contribution in [0.25, 0.3) is 0 Å². The first-order chi connectivity index (χ1) is 9.11. The number of hydrogen-bond donors (Lipinski definition) is 2. The summed E-state index contributed by atoms with van der Waals surface area (Å²) in [7, 11) is 1.69. The lowest BCUT2D eigenvalue weighted by Crippen LogP contribution is -2.30. The second-order valence-electron chi connectivity index (χ2n) is 4.90. The van der Waals surface area contributed by atoms with Crippen molar-refractivity contribution in [3.05, 3.63) is 24.0 Å². The molecule has 0 aromatic carbocycles. The van der Waals surface area contributed by atoms with Gasteiger partial charge in [-0.15, -0.1) is 0 Å². The van der Waals surface area contributed by atoms with E-state index in [-0.39, 0.29) is 11.9 Å². The highest BCUT2D eigenvalue weighted by Gasteiger charge is 2.03. The molecule has 0 radical (unpaired) electrons. The molecule has 1 aromatic heterocycles. The summed E-state index contributed by atoms with van der Waals surface area (Å²) in [6, 6.07) is 2.28. The van der Waals surface area contributed by atoms with E-state index in [1.54, 1.807) is 7.11 Å². The average Bonchev–Trinajstić information content (AvgIpc) is 2.79. The van der Waals surface area contributed by atoms with Crippen molar-refractivity contribution < 1.29 is 9.53 Å². The fourth-order valence-corrected chi connectivity index (χ4v) is 1.77. The molecule has 108 valence electrons. The Morgan fingerprint density at radius 3 is 2.95 bits per heavy atom. The smallest absolute Gasteiger partial charge is 0.221 e. The molecule has 2 N–H and O–H groups in total. The van der Waals surface area contributed by atoms with Crippen molar-refractivity contribution >= 4 is 5.91 Å². The average molecular weight is 267 g/mol. The molecule has 0 bridgehead atoms. The molecule has 1 rings (SSSR count). The van der Waals surface area contributed by atoms with Crippen molar-refractivity contribution in [3.63, 3.8) is 0 Å². The molecule has 0 atom stereocenters. The minimum absolute atomic E-state index is 0.100. The maximum atomic E-state index is 11.5. The number of aryl methyl sites for hydroxylation is 1. The van der Waals surface area contributed by atoms with Gasteiger partial charge in [0.05, 0.1) is 6.61 Å². The maximum absolute atomic E-state index is 11.5. The molecule has 1 aromatic rings. The number of methoxy groups -OCH3 is 1. The second kappa shape index (κ2) is 8.72. The predicted octanol–water partition coefficient (Wildman–Crippen LogP) is 1.14. The topological polar surface area (TPSA) is 55.3 Å². The summed E-state index contributed by atoms with van der Waals surface area (Å²) < 4.78 is 7.02. The number of amides is 1. The highest BCUT2D eigenvalue weighted by molar-refractivity contribution is 5.76. The summed E-state index contributed by atoms with van der Waals surface area (Å²) in [5, 5.41) is 6.18. The molecule has 5 heteroatoms. The number of rotatable bonds is 9. The lowest BCUT2D eigenvalue weighted by atomic mass is 10.3. The van der Waals surface area contributed by atoms with E-state index in [2.05, 4.69) is 22.9 Å². The van der Waals surface area contributed by atoms with Gasteiger partial charge in [0, 0.05) is 51.6 Å². The van der Waals surface area contributed by atoms with Crippen LogP contribution >= 0.6 is 0 Å². The van der Waals surface area contributed by atoms with Crippen LogP contribution in [0.5, 0.6) is 0 Å². The van der Waals surface area contributed by atoms with Gasteiger partial charge in [-0.05, 0) is 25.5 Å². The molecule has 1 amide bonds. The van der Waals surface area contributed by atoms with Crippen molar-refractivity contribution in [1.82, 2.24) is 15.2 Å². The van der Waals surface area contributed by atoms with Crippen LogP contribution in [0.15, 0.2) is 18.5 Å². The van der Waals surface area contributed by atoms with E-state index < -0.39 is 0 Å². The Balaban J connectivity index is 2.24. The Bertz CT molecular complexity index is 375. The highest BCUT2D eigenvalue weighted by Crippen LogP contribution is 2.02. The van der Waals surface area contributed by atoms with Crippen molar-refractivity contribution in [2.75, 3.05) is 20.3 Å². The van der Waals surface area contributed by atoms with E-state index in [9.17, 15) is 4.79 Å². The Hall–Kier alpha value is -1.33. The van der Waals surface area contributed by atoms with Crippen LogP contribution in [0.3, 0.4) is 0 Å². The quantitative estimate of drug-likeness (QED) is 0.660. The predicted molar refractivity (Wildman–Crippen MR) is 75.9 cm³/mol. The zero-order valence-electron chi connectivity index (χ0n) is 12.1. The first kappa shape index (κ1) is 15.7. The lowest BCUT2D eigenvalue weighted by molar-refractivity contribution is -0.121. The standard InChI is InChI=1S/C14H25N3O2/c1-12(2)16-14(18)5-8-17-7-4-13(11-17)10-15-6-9-19-3/h4,7,11-12,15H,5-6,8-10H2,1-3H3,(H,16,18). The molecule has 0 spiro atoms. The molecule has 0 unspecified atom stereocenters. The fourth-order valence-electron chi connectivity index (χ4n) is 1.77. The molecule has 1 heterocycles. The lowest BCUT2D eigenvalue weighted by Gasteiger charge is -2.08. The van der Waals surface area contributed by atoms with Crippen molar-refractivity contribution in [2.45, 2.75) is 39.4 Å². The van der Waals surface area contributed by atoms with E-state index >= 15 is 0 Å². The molecule has 0 aliphatic heterocycles. The van der Waals surface area contributed by atoms with Gasteiger partial charge in [-0.25, -0.2) is 0 Å². The van der Waals surface area contributed by atoms with Crippen molar-refractivity contribution in [1.29, 1.82) is 0 Å². The van der Waals surface area contributed by atoms with Crippen LogP contribution in [0.1, 0.15) is 25.8 Å². The van der Waals surface area contributed by atoms with E-state index in [1.807, 2.05) is 24.6 Å². The van der Waals surface area contributed by atoms with Crippen molar-refractivity contribution in [2.24, 2.45) is 0 Å². The molecule has 0 aliphatic rings. The first-order valence-electron chi connectivity index (χ1n) is 6.75. The van der Waals surface area contributed by atoms with Gasteiger partial charge in [0.15, 0.2) is 0 Å². The summed E-state index contributed by atoms with van der Waals surface area (Å²) in [6.07, 6.45) is 4.60. The molecule has 0 fully saturated rings. The minimum atomic E-state index is 0.100. The highest BCUT2D eigenvalue weighted by atomic mass is 16.5. The molecule has 0 saturated carbocycles. The van der Waals surface area contributed by atoms with Crippen LogP contribution < -0.4 is 10.6 Å². The molecule has 19 heavy (non-hydrogen) atoms. The third-order valence-electron chi connectivity index (χ3n) is 2.67. The van der Waals surface area contributed by atoms with E-state index in [0.29, 0.717) is 6.42 Å². The first-order valence-corrected chi connectivity index (χ1v) is 6.75. The fraction of sp³-hybridized carbons (Fsp3) is 0.643. The van der Waals surface area contributed by atoms with Gasteiger partial charge in [0.2, 0.25) is 5.91 Å². The zero-order valence-corrected chi connectivity index (χ0v) is 12.1. The molecular formula is C14H25N3O2. The number of nitrogens with one attached hydrogen (secondary N) is 2. The van der Waals surface area contributed by atoms with Crippen LogP contribution in [0.4, 0.5) is 0 Å². The van der Waals surface area contributed by atoms with Crippen LogP contribution in [0.2, 0.25) is 0 Å². The second-order valence-corrected chi connectivity index (χ2v) is 4.90. The van der Waals surface area contributed by atoms with E-state index in [4.69, 9.17) is 4.74 Å². The van der Waals surface area contributed by atoms with Gasteiger partial charge in [-0.2, -0.15) is 0 Å². The van der Waals surface area contributed by atoms with Gasteiger partial charge in [-0.1, -0.05) is 0 Å². The summed E-state index contributed by atoms with van der Waals surface area (Å²) in [4.78, 5) is 11.5. The monoisotopic (exact) mass is 267 g/mol. The van der Waals surface area contributed by atoms with Crippen LogP contribution in [-0.2, 0) is 22.6 Å². The SMILES string of the molecule is COCCNCc1ccn(CCC(=O)NC(C)C)c1. The Morgan fingerprint density at radius 1 is 1.47 bits per heavy atom. The minimum Gasteiger partial charge on any atom is -0.383 e. The third-order valence-corrected chi connectivity index (χ3v) is 2.67. The molecule has 5 nitrogen and oxygen atoms in total. The molecular weight excluding hydrogens is 242 g/mol. The van der Waals surface area contributed by atoms with Gasteiger partial charge in [0.25, 0.3) is 0 Å². The zero-order chi connectivity index (χ0) is 14.1. The normalized spacial score (nSPS) is 10.9. The van der Waals surface area contributed by atoms with Gasteiger partial charge < -0.3 is 19.9 Å². The maximum Gasteiger partial charge on any atom is 0.221 e. The molecule has 0 saturated heterocycles. The van der Waals surface area contributed by atoms with Crippen LogP contribution in [0, 0.1) is 0 Å². The summed E-state index contributed by atoms with van der Waals surface area (Å²) in [6.45, 7) is 7.05. The van der Waals surface area contributed by atoms with Gasteiger partial charge in [0.1, 0.15) is 0 Å². The van der Waals surface area contributed by atoms with E-state index in [0.717, 1.165) is 26.2 Å². The number of nitrogens with zero attached hydrogens (tertiary/aromatic N) is 1. The van der Waals surface area contributed by atoms with Gasteiger partial charge >= 0.3 is 0 Å².